The third-order valence-electron chi connectivity index (χ3n) is 7.34. The van der Waals surface area contributed by atoms with Gasteiger partial charge in [0.2, 0.25) is 11.7 Å². The van der Waals surface area contributed by atoms with Crippen LogP contribution in [0.15, 0.2) is 85.5 Å². The lowest BCUT2D eigenvalue weighted by atomic mass is 10.1. The number of ether oxygens (including phenoxy) is 4. The van der Waals surface area contributed by atoms with Crippen molar-refractivity contribution >= 4 is 11.5 Å². The van der Waals surface area contributed by atoms with Gasteiger partial charge in [0.05, 0.1) is 26.1 Å². The predicted octanol–water partition coefficient (Wildman–Crippen LogP) is 4.06. The maximum atomic E-state index is 9.72. The van der Waals surface area contributed by atoms with E-state index in [0.29, 0.717) is 26.4 Å². The second-order valence-corrected chi connectivity index (χ2v) is 10.1. The van der Waals surface area contributed by atoms with E-state index in [1.807, 2.05) is 66.2 Å². The molecule has 1 N–H and O–H groups in total. The van der Waals surface area contributed by atoms with Crippen molar-refractivity contribution in [2.24, 2.45) is 0 Å². The summed E-state index contributed by atoms with van der Waals surface area (Å²) in [5.74, 6) is 1.43. The minimum absolute atomic E-state index is 0.0458. The Morgan fingerprint density at radius 3 is 2.51 bits per heavy atom. The van der Waals surface area contributed by atoms with Gasteiger partial charge in [-0.05, 0) is 37.3 Å². The van der Waals surface area contributed by atoms with E-state index in [9.17, 15) is 5.11 Å². The smallest absolute Gasteiger partial charge is 0.214 e. The average Bonchev–Trinajstić information content (AvgIpc) is 3.68. The number of piperazine rings is 1. The summed E-state index contributed by atoms with van der Waals surface area (Å²) in [5.41, 5.74) is 2.00. The molecule has 2 aromatic heterocycles. The van der Waals surface area contributed by atoms with Crippen molar-refractivity contribution in [1.29, 1.82) is 0 Å². The van der Waals surface area contributed by atoms with E-state index in [4.69, 9.17) is 18.9 Å². The Labute approximate surface area is 239 Å². The Kier molecular flexibility index (Phi) is 7.93. The van der Waals surface area contributed by atoms with E-state index in [1.54, 1.807) is 18.6 Å². The highest BCUT2D eigenvalue weighted by Gasteiger charge is 2.44. The van der Waals surface area contributed by atoms with Crippen LogP contribution in [0.3, 0.4) is 0 Å². The van der Waals surface area contributed by atoms with Crippen molar-refractivity contribution in [2.75, 3.05) is 55.8 Å². The lowest BCUT2D eigenvalue weighted by molar-refractivity contribution is -0.189. The molecule has 6 rings (SSSR count). The summed E-state index contributed by atoms with van der Waals surface area (Å²) in [5, 5.41) is 9.72. The van der Waals surface area contributed by atoms with E-state index in [2.05, 4.69) is 31.9 Å². The topological polar surface area (TPSA) is 94.3 Å². The zero-order chi connectivity index (χ0) is 28.1. The Morgan fingerprint density at radius 2 is 1.73 bits per heavy atom. The normalized spacial score (nSPS) is 20.8. The molecular weight excluding hydrogens is 522 g/mol. The first kappa shape index (κ1) is 26.9. The number of nitrogens with zero attached hydrogens (tertiary/aromatic N) is 5. The molecule has 2 atom stereocenters. The van der Waals surface area contributed by atoms with Crippen LogP contribution in [-0.2, 0) is 21.8 Å². The first-order valence-electron chi connectivity index (χ1n) is 14.0. The predicted molar refractivity (Wildman–Crippen MR) is 155 cm³/mol. The minimum atomic E-state index is -0.978. The number of imidazole rings is 1. The van der Waals surface area contributed by atoms with Crippen molar-refractivity contribution in [3.63, 3.8) is 0 Å². The van der Waals surface area contributed by atoms with Gasteiger partial charge in [0.15, 0.2) is 0 Å². The SMILES string of the molecule is CCOc1cccc([C@]2(Cn3ccnc3)OC[C@H](COc3cccc(N4CCN(c5cccc(O)n5)CC4)c3)O2)c1. The van der Waals surface area contributed by atoms with E-state index in [1.165, 1.54) is 0 Å². The van der Waals surface area contributed by atoms with Gasteiger partial charge in [-0.2, -0.15) is 4.98 Å². The summed E-state index contributed by atoms with van der Waals surface area (Å²) in [7, 11) is 0. The van der Waals surface area contributed by atoms with Gasteiger partial charge in [0.25, 0.3) is 0 Å². The highest BCUT2D eigenvalue weighted by molar-refractivity contribution is 5.53. The number of aromatic nitrogens is 3. The fourth-order valence-corrected chi connectivity index (χ4v) is 5.32. The molecule has 4 heterocycles. The lowest BCUT2D eigenvalue weighted by Gasteiger charge is -2.36. The van der Waals surface area contributed by atoms with Crippen LogP contribution in [0.4, 0.5) is 11.5 Å². The van der Waals surface area contributed by atoms with Gasteiger partial charge in [-0.15, -0.1) is 0 Å². The summed E-state index contributed by atoms with van der Waals surface area (Å²) in [6, 6.07) is 21.4. The summed E-state index contributed by atoms with van der Waals surface area (Å²) in [6.07, 6.45) is 5.15. The Bertz CT molecular complexity index is 1430. The number of hydrogen-bond donors (Lipinski definition) is 1. The van der Waals surface area contributed by atoms with Crippen LogP contribution in [0.2, 0.25) is 0 Å². The van der Waals surface area contributed by atoms with Crippen LogP contribution in [0.1, 0.15) is 12.5 Å². The van der Waals surface area contributed by atoms with E-state index >= 15 is 0 Å². The van der Waals surface area contributed by atoms with Gasteiger partial charge in [0.1, 0.15) is 30.0 Å². The van der Waals surface area contributed by atoms with Crippen LogP contribution >= 0.6 is 0 Å². The van der Waals surface area contributed by atoms with Crippen molar-refractivity contribution < 1.29 is 24.1 Å². The number of hydrogen-bond acceptors (Lipinski definition) is 9. The monoisotopic (exact) mass is 557 g/mol. The van der Waals surface area contributed by atoms with Gasteiger partial charge >= 0.3 is 0 Å². The highest BCUT2D eigenvalue weighted by atomic mass is 16.8. The molecule has 0 unspecified atom stereocenters. The summed E-state index contributed by atoms with van der Waals surface area (Å²) < 4.78 is 26.9. The van der Waals surface area contributed by atoms with Crippen molar-refractivity contribution in [1.82, 2.24) is 14.5 Å². The molecule has 0 radical (unpaired) electrons. The van der Waals surface area contributed by atoms with Crippen LogP contribution in [0.5, 0.6) is 17.4 Å². The number of aromatic hydroxyl groups is 1. The molecule has 2 saturated heterocycles. The zero-order valence-corrected chi connectivity index (χ0v) is 23.1. The third-order valence-corrected chi connectivity index (χ3v) is 7.34. The van der Waals surface area contributed by atoms with E-state index < -0.39 is 5.79 Å². The largest absolute Gasteiger partial charge is 0.494 e. The minimum Gasteiger partial charge on any atom is -0.494 e. The van der Waals surface area contributed by atoms with Crippen molar-refractivity contribution in [3.05, 3.63) is 91.0 Å². The molecule has 0 aliphatic carbocycles. The van der Waals surface area contributed by atoms with Gasteiger partial charge in [-0.1, -0.05) is 24.3 Å². The average molecular weight is 558 g/mol. The van der Waals surface area contributed by atoms with Gasteiger partial charge < -0.3 is 38.4 Å². The molecule has 4 aromatic rings. The first-order chi connectivity index (χ1) is 20.1. The molecule has 0 bridgehead atoms. The quantitative estimate of drug-likeness (QED) is 0.310. The maximum absolute atomic E-state index is 9.72. The summed E-state index contributed by atoms with van der Waals surface area (Å²) >= 11 is 0. The first-order valence-corrected chi connectivity index (χ1v) is 14.0. The second-order valence-electron chi connectivity index (χ2n) is 10.1. The molecule has 10 heteroatoms. The maximum Gasteiger partial charge on any atom is 0.214 e. The lowest BCUT2D eigenvalue weighted by Crippen LogP contribution is -2.46. The summed E-state index contributed by atoms with van der Waals surface area (Å²) in [6.45, 7) is 7.09. The zero-order valence-electron chi connectivity index (χ0n) is 23.1. The van der Waals surface area contributed by atoms with Crippen LogP contribution in [0, 0.1) is 0 Å². The van der Waals surface area contributed by atoms with Crippen LogP contribution in [-0.4, -0.2) is 71.7 Å². The molecule has 0 spiro atoms. The van der Waals surface area contributed by atoms with Gasteiger partial charge in [0, 0.05) is 62.0 Å². The Morgan fingerprint density at radius 1 is 0.951 bits per heavy atom. The van der Waals surface area contributed by atoms with Crippen molar-refractivity contribution in [2.45, 2.75) is 25.4 Å². The molecule has 0 saturated carbocycles. The molecule has 2 aliphatic rings. The second kappa shape index (κ2) is 12.1. The fourth-order valence-electron chi connectivity index (χ4n) is 5.32. The standard InChI is InChI=1S/C31H35N5O5/c1-2-38-26-8-3-6-24(18-26)31(22-34-13-12-32-23-34)40-21-28(41-31)20-39-27-9-4-7-25(19-27)35-14-16-36(17-15-35)29-10-5-11-30(37)33-29/h3-13,18-19,23,28H,2,14-17,20-22H2,1H3,(H,33,37)/t28-,31+/m0/s1. The van der Waals surface area contributed by atoms with Gasteiger partial charge in [-0.3, -0.25) is 0 Å². The molecule has 10 nitrogen and oxygen atoms in total. The highest BCUT2D eigenvalue weighted by Crippen LogP contribution is 2.38. The van der Waals surface area contributed by atoms with Crippen LogP contribution in [0.25, 0.3) is 0 Å². The number of anilines is 2. The Hall–Kier alpha value is -4.28. The van der Waals surface area contributed by atoms with Gasteiger partial charge in [-0.25, -0.2) is 4.98 Å². The Balaban J connectivity index is 1.09. The number of rotatable bonds is 10. The summed E-state index contributed by atoms with van der Waals surface area (Å²) in [4.78, 5) is 13.0. The van der Waals surface area contributed by atoms with E-state index in [0.717, 1.165) is 54.7 Å². The number of benzene rings is 2. The fraction of sp³-hybridized carbons (Fsp3) is 0.355. The molecular formula is C31H35N5O5. The van der Waals surface area contributed by atoms with Crippen LogP contribution < -0.4 is 19.3 Å². The molecule has 2 aliphatic heterocycles. The number of pyridine rings is 1. The molecule has 2 aromatic carbocycles. The molecule has 0 amide bonds. The molecule has 214 valence electrons. The molecule has 41 heavy (non-hydrogen) atoms. The van der Waals surface area contributed by atoms with Crippen molar-refractivity contribution in [3.8, 4) is 17.4 Å². The van der Waals surface area contributed by atoms with E-state index in [-0.39, 0.29) is 12.0 Å². The third kappa shape index (κ3) is 6.23. The molecule has 2 fully saturated rings.